The molecule has 34 heavy (non-hydrogen) atoms. The monoisotopic (exact) mass is 480 g/mol. The van der Waals surface area contributed by atoms with Crippen molar-refractivity contribution in [3.63, 3.8) is 0 Å². The van der Waals surface area contributed by atoms with Gasteiger partial charge in [-0.25, -0.2) is 9.78 Å². The van der Waals surface area contributed by atoms with Gasteiger partial charge >= 0.3 is 5.97 Å². The van der Waals surface area contributed by atoms with E-state index in [4.69, 9.17) is 4.74 Å². The quantitative estimate of drug-likeness (QED) is 0.405. The molecule has 0 aliphatic heterocycles. The van der Waals surface area contributed by atoms with Gasteiger partial charge in [-0.1, -0.05) is 83.2 Å². The van der Waals surface area contributed by atoms with Gasteiger partial charge in [-0.3, -0.25) is 10.1 Å². The maximum Gasteiger partial charge on any atom is 0.350 e. The smallest absolute Gasteiger partial charge is 0.350 e. The Bertz CT molecular complexity index is 1170. The number of aromatic nitrogens is 1. The highest BCUT2D eigenvalue weighted by Gasteiger charge is 2.28. The fraction of sp³-hybridized carbons (Fsp3) is 0.370. The van der Waals surface area contributed by atoms with Crippen LogP contribution in [0.5, 0.6) is 5.75 Å². The van der Waals surface area contributed by atoms with Crippen LogP contribution >= 0.6 is 11.3 Å². The highest BCUT2D eigenvalue weighted by Crippen LogP contribution is 2.40. The molecule has 7 heteroatoms. The van der Waals surface area contributed by atoms with Crippen molar-refractivity contribution < 1.29 is 19.4 Å². The Morgan fingerprint density at radius 3 is 2.06 bits per heavy atom. The number of nitrogens with one attached hydrogen (secondary N) is 1. The third-order valence-corrected chi connectivity index (χ3v) is 6.29. The average Bonchev–Trinajstić information content (AvgIpc) is 3.17. The van der Waals surface area contributed by atoms with E-state index >= 15 is 0 Å². The number of rotatable bonds is 5. The van der Waals surface area contributed by atoms with Crippen molar-refractivity contribution in [1.82, 2.24) is 4.98 Å². The first-order chi connectivity index (χ1) is 15.8. The van der Waals surface area contributed by atoms with Crippen LogP contribution in [0.4, 0.5) is 5.13 Å². The zero-order valence-corrected chi connectivity index (χ0v) is 21.6. The lowest BCUT2D eigenvalue weighted by Crippen LogP contribution is -2.20. The molecular weight excluding hydrogens is 448 g/mol. The van der Waals surface area contributed by atoms with E-state index in [1.54, 1.807) is 19.1 Å². The van der Waals surface area contributed by atoms with E-state index in [-0.39, 0.29) is 29.1 Å². The Kier molecular flexibility index (Phi) is 7.17. The molecule has 0 aliphatic carbocycles. The molecule has 0 unspecified atom stereocenters. The summed E-state index contributed by atoms with van der Waals surface area (Å²) in [6.45, 7) is 14.0. The normalized spacial score (nSPS) is 11.9. The molecule has 2 N–H and O–H groups in total. The Hall–Kier alpha value is -3.19. The second-order valence-corrected chi connectivity index (χ2v) is 11.2. The van der Waals surface area contributed by atoms with Crippen LogP contribution in [0.1, 0.15) is 79.6 Å². The van der Waals surface area contributed by atoms with Crippen molar-refractivity contribution in [2.24, 2.45) is 0 Å². The van der Waals surface area contributed by atoms with Gasteiger partial charge in [-0.2, -0.15) is 0 Å². The number of nitrogens with zero attached hydrogens (tertiary/aromatic N) is 1. The summed E-state index contributed by atoms with van der Waals surface area (Å²) < 4.78 is 5.20. The first-order valence-electron chi connectivity index (χ1n) is 11.3. The number of phenolic OH excluding ortho intramolecular Hbond substituents is 1. The van der Waals surface area contributed by atoms with Crippen molar-refractivity contribution in [2.75, 3.05) is 11.9 Å². The number of benzene rings is 2. The Labute approximate surface area is 205 Å². The summed E-state index contributed by atoms with van der Waals surface area (Å²) in [7, 11) is 0. The molecule has 1 heterocycles. The van der Waals surface area contributed by atoms with E-state index in [0.29, 0.717) is 32.4 Å². The number of thiazole rings is 1. The largest absolute Gasteiger partial charge is 0.507 e. The summed E-state index contributed by atoms with van der Waals surface area (Å²) in [6, 6.07) is 12.8. The molecule has 0 spiro atoms. The van der Waals surface area contributed by atoms with E-state index < -0.39 is 5.97 Å². The second-order valence-electron chi connectivity index (χ2n) is 10.2. The average molecular weight is 481 g/mol. The molecule has 6 nitrogen and oxygen atoms in total. The maximum absolute atomic E-state index is 13.3. The predicted octanol–water partition coefficient (Wildman–Crippen LogP) is 6.54. The van der Waals surface area contributed by atoms with Crippen molar-refractivity contribution in [3.05, 3.63) is 64.0 Å². The first-order valence-corrected chi connectivity index (χ1v) is 12.1. The summed E-state index contributed by atoms with van der Waals surface area (Å²) >= 11 is 1.08. The second kappa shape index (κ2) is 9.58. The topological polar surface area (TPSA) is 88.5 Å². The highest BCUT2D eigenvalue weighted by molar-refractivity contribution is 7.18. The minimum atomic E-state index is -0.478. The van der Waals surface area contributed by atoms with E-state index in [1.165, 1.54) is 0 Å². The highest BCUT2D eigenvalue weighted by atomic mass is 32.1. The number of carbonyl (C=O) groups is 2. The van der Waals surface area contributed by atoms with Crippen LogP contribution in [-0.4, -0.2) is 28.6 Å². The number of aromatic hydroxyl groups is 1. The lowest BCUT2D eigenvalue weighted by molar-refractivity contribution is 0.0532. The Morgan fingerprint density at radius 1 is 1.00 bits per heavy atom. The van der Waals surface area contributed by atoms with E-state index in [1.807, 2.05) is 71.9 Å². The van der Waals surface area contributed by atoms with Crippen molar-refractivity contribution >= 4 is 28.3 Å². The number of amides is 1. The van der Waals surface area contributed by atoms with Gasteiger partial charge in [0.05, 0.1) is 12.3 Å². The molecule has 3 rings (SSSR count). The number of anilines is 1. The lowest BCUT2D eigenvalue weighted by Gasteiger charge is -2.28. The molecule has 1 amide bonds. The molecule has 0 aliphatic rings. The first kappa shape index (κ1) is 25.4. The van der Waals surface area contributed by atoms with Crippen molar-refractivity contribution in [3.8, 4) is 17.0 Å². The van der Waals surface area contributed by atoms with Gasteiger partial charge < -0.3 is 9.84 Å². The number of carbonyl (C=O) groups excluding carboxylic acids is 2. The van der Waals surface area contributed by atoms with E-state index in [2.05, 4.69) is 10.3 Å². The number of esters is 1. The van der Waals surface area contributed by atoms with E-state index in [0.717, 1.165) is 16.9 Å². The number of hydrogen-bond donors (Lipinski definition) is 2. The molecule has 0 saturated carbocycles. The van der Waals surface area contributed by atoms with Gasteiger partial charge in [0.2, 0.25) is 0 Å². The third-order valence-electron chi connectivity index (χ3n) is 5.34. The van der Waals surface area contributed by atoms with Gasteiger partial charge in [0.15, 0.2) is 5.13 Å². The minimum Gasteiger partial charge on any atom is -0.507 e. The fourth-order valence-electron chi connectivity index (χ4n) is 3.58. The van der Waals surface area contributed by atoms with Gasteiger partial charge in [-0.15, -0.1) is 0 Å². The van der Waals surface area contributed by atoms with Crippen molar-refractivity contribution in [2.45, 2.75) is 59.3 Å². The summed E-state index contributed by atoms with van der Waals surface area (Å²) in [5.41, 5.74) is 2.32. The Balaban J connectivity index is 2.04. The summed E-state index contributed by atoms with van der Waals surface area (Å²) in [5, 5.41) is 14.1. The fourth-order valence-corrected chi connectivity index (χ4v) is 4.45. The molecule has 0 bridgehead atoms. The molecule has 3 aromatic rings. The van der Waals surface area contributed by atoms with Gasteiger partial charge in [0.25, 0.3) is 5.91 Å². The molecule has 0 saturated heterocycles. The van der Waals surface area contributed by atoms with Crippen LogP contribution in [0.2, 0.25) is 0 Å². The van der Waals surface area contributed by atoms with Crippen LogP contribution in [0, 0.1) is 0 Å². The summed E-state index contributed by atoms with van der Waals surface area (Å²) in [6.07, 6.45) is 0. The number of hydrogen-bond acceptors (Lipinski definition) is 6. The van der Waals surface area contributed by atoms with Crippen LogP contribution < -0.4 is 5.32 Å². The number of phenols is 1. The molecular formula is C27H32N2O4S. The standard InChI is InChI=1S/C27H32N2O4S/c1-8-33-24(32)22-20(16-12-10-9-11-13-16)28-25(34-22)29-23(31)17-14-18(26(2,3)4)21(30)19(15-17)27(5,6)7/h9-15,30H,8H2,1-7H3,(H,28,29,31). The van der Waals surface area contributed by atoms with Crippen LogP contribution in [0.15, 0.2) is 42.5 Å². The van der Waals surface area contributed by atoms with Crippen LogP contribution in [-0.2, 0) is 15.6 Å². The van der Waals surface area contributed by atoms with Crippen molar-refractivity contribution in [1.29, 1.82) is 0 Å². The zero-order chi connectivity index (χ0) is 25.3. The third kappa shape index (κ3) is 5.47. The molecule has 180 valence electrons. The van der Waals surface area contributed by atoms with Gasteiger partial charge in [0, 0.05) is 22.3 Å². The molecule has 0 atom stereocenters. The van der Waals surface area contributed by atoms with E-state index in [9.17, 15) is 14.7 Å². The Morgan fingerprint density at radius 2 is 1.56 bits per heavy atom. The lowest BCUT2D eigenvalue weighted by atomic mass is 9.78. The summed E-state index contributed by atoms with van der Waals surface area (Å²) in [5.74, 6) is -0.629. The van der Waals surface area contributed by atoms with Gasteiger partial charge in [-0.05, 0) is 29.9 Å². The SMILES string of the molecule is CCOC(=O)c1sc(NC(=O)c2cc(C(C)(C)C)c(O)c(C(C)(C)C)c2)nc1-c1ccccc1. The minimum absolute atomic E-state index is 0.210. The maximum atomic E-state index is 13.3. The molecule has 2 aromatic carbocycles. The summed E-state index contributed by atoms with van der Waals surface area (Å²) in [4.78, 5) is 30.7. The van der Waals surface area contributed by atoms with Crippen LogP contribution in [0.25, 0.3) is 11.3 Å². The van der Waals surface area contributed by atoms with Crippen LogP contribution in [0.3, 0.4) is 0 Å². The number of ether oxygens (including phenoxy) is 1. The molecule has 0 fully saturated rings. The predicted molar refractivity (Wildman–Crippen MR) is 137 cm³/mol. The van der Waals surface area contributed by atoms with Gasteiger partial charge in [0.1, 0.15) is 10.6 Å². The zero-order valence-electron chi connectivity index (χ0n) is 20.8. The molecule has 0 radical (unpaired) electrons. The molecule has 1 aromatic heterocycles.